The molecule has 1 fully saturated rings. The second-order valence-electron chi connectivity index (χ2n) is 4.82. The fraction of sp³-hybridized carbons (Fsp3) is 0.714. The van der Waals surface area contributed by atoms with E-state index in [1.165, 1.54) is 0 Å². The van der Waals surface area contributed by atoms with Crippen molar-refractivity contribution in [3.63, 3.8) is 0 Å². The van der Waals surface area contributed by atoms with Gasteiger partial charge in [0.25, 0.3) is 0 Å². The Balaban J connectivity index is 2.06. The normalized spacial score (nSPS) is 18.2. The molecule has 2 rings (SSSR count). The molecular weight excluding hydrogens is 256 g/mol. The predicted molar refractivity (Wildman–Crippen MR) is 79.0 cm³/mol. The number of nitrogens with one attached hydrogen (secondary N) is 2. The molecule has 0 radical (unpaired) electrons. The summed E-state index contributed by atoms with van der Waals surface area (Å²) in [5.74, 6) is 2.39. The van der Waals surface area contributed by atoms with Crippen molar-refractivity contribution in [2.45, 2.75) is 39.3 Å². The van der Waals surface area contributed by atoms with Crippen LogP contribution in [0.15, 0.2) is 6.07 Å². The van der Waals surface area contributed by atoms with Gasteiger partial charge in [0.2, 0.25) is 0 Å². The molecule has 1 aromatic rings. The van der Waals surface area contributed by atoms with Gasteiger partial charge in [-0.25, -0.2) is 9.97 Å². The van der Waals surface area contributed by atoms with Crippen molar-refractivity contribution in [1.82, 2.24) is 9.97 Å². The number of rotatable bonds is 8. The summed E-state index contributed by atoms with van der Waals surface area (Å²) in [7, 11) is 0. The van der Waals surface area contributed by atoms with E-state index in [9.17, 15) is 0 Å². The zero-order valence-corrected chi connectivity index (χ0v) is 12.3. The molecule has 20 heavy (non-hydrogen) atoms. The lowest BCUT2D eigenvalue weighted by atomic mass is 10.2. The maximum atomic E-state index is 5.40. The van der Waals surface area contributed by atoms with Crippen LogP contribution in [0.25, 0.3) is 0 Å². The molecule has 1 aliphatic rings. The molecule has 1 aromatic heterocycles. The largest absolute Gasteiger partial charge is 0.379 e. The number of ether oxygens (including phenoxy) is 2. The zero-order chi connectivity index (χ0) is 14.2. The van der Waals surface area contributed by atoms with E-state index < -0.39 is 0 Å². The summed E-state index contributed by atoms with van der Waals surface area (Å²) < 4.78 is 10.8. The lowest BCUT2D eigenvalue weighted by molar-refractivity contribution is 0.128. The number of hydrogen-bond acceptors (Lipinski definition) is 6. The van der Waals surface area contributed by atoms with Crippen molar-refractivity contribution in [3.05, 3.63) is 11.9 Å². The molecule has 1 aliphatic heterocycles. The van der Waals surface area contributed by atoms with Gasteiger partial charge in [-0.05, 0) is 19.8 Å². The molecule has 112 valence electrons. The molecule has 1 saturated heterocycles. The fourth-order valence-electron chi connectivity index (χ4n) is 2.03. The Labute approximate surface area is 120 Å². The first-order valence-electron chi connectivity index (χ1n) is 7.35. The number of hydrogen-bond donors (Lipinski definition) is 2. The molecule has 6 nitrogen and oxygen atoms in total. The molecule has 0 amide bonds. The lowest BCUT2D eigenvalue weighted by Gasteiger charge is -2.14. The van der Waals surface area contributed by atoms with Crippen molar-refractivity contribution >= 4 is 11.6 Å². The Morgan fingerprint density at radius 3 is 2.90 bits per heavy atom. The Bertz CT molecular complexity index is 382. The third kappa shape index (κ3) is 4.61. The van der Waals surface area contributed by atoms with Crippen LogP contribution >= 0.6 is 0 Å². The Hall–Kier alpha value is -1.40. The number of nitrogens with zero attached hydrogens (tertiary/aromatic N) is 2. The summed E-state index contributed by atoms with van der Waals surface area (Å²) in [5, 5.41) is 6.70. The average Bonchev–Trinajstić information content (AvgIpc) is 2.95. The molecule has 0 aliphatic carbocycles. The van der Waals surface area contributed by atoms with Crippen LogP contribution in [0.2, 0.25) is 0 Å². The summed E-state index contributed by atoms with van der Waals surface area (Å²) in [4.78, 5) is 8.96. The van der Waals surface area contributed by atoms with Gasteiger partial charge in [-0.15, -0.1) is 0 Å². The maximum Gasteiger partial charge on any atom is 0.158 e. The van der Waals surface area contributed by atoms with Crippen LogP contribution in [0.1, 0.15) is 32.5 Å². The molecule has 6 heteroatoms. The maximum absolute atomic E-state index is 5.40. The second-order valence-corrected chi connectivity index (χ2v) is 4.82. The van der Waals surface area contributed by atoms with Crippen LogP contribution in [-0.2, 0) is 16.1 Å². The van der Waals surface area contributed by atoms with E-state index in [1.54, 1.807) is 0 Å². The highest BCUT2D eigenvalue weighted by Crippen LogP contribution is 2.16. The van der Waals surface area contributed by atoms with Crippen LogP contribution in [0.5, 0.6) is 0 Å². The summed E-state index contributed by atoms with van der Waals surface area (Å²) in [5.41, 5.74) is 0. The van der Waals surface area contributed by atoms with Crippen molar-refractivity contribution in [2.24, 2.45) is 0 Å². The minimum Gasteiger partial charge on any atom is -0.379 e. The zero-order valence-electron chi connectivity index (χ0n) is 12.3. The molecule has 0 saturated carbocycles. The highest BCUT2D eigenvalue weighted by atomic mass is 16.5. The summed E-state index contributed by atoms with van der Waals surface area (Å²) in [6, 6.07) is 2.28. The SMILES string of the molecule is CCCNc1cc(NC2CCOC2)nc(COCC)n1. The Kier molecular flexibility index (Phi) is 6.01. The van der Waals surface area contributed by atoms with E-state index in [1.807, 2.05) is 13.0 Å². The number of anilines is 2. The van der Waals surface area contributed by atoms with Gasteiger partial charge in [0.1, 0.15) is 18.2 Å². The average molecular weight is 280 g/mol. The topological polar surface area (TPSA) is 68.3 Å². The van der Waals surface area contributed by atoms with Crippen molar-refractivity contribution in [3.8, 4) is 0 Å². The van der Waals surface area contributed by atoms with Gasteiger partial charge in [0.05, 0.1) is 12.6 Å². The van der Waals surface area contributed by atoms with E-state index >= 15 is 0 Å². The second kappa shape index (κ2) is 8.01. The molecule has 1 unspecified atom stereocenters. The minimum atomic E-state index is 0.337. The molecular formula is C14H24N4O2. The fourth-order valence-corrected chi connectivity index (χ4v) is 2.03. The predicted octanol–water partition coefficient (Wildman–Crippen LogP) is 2.04. The Morgan fingerprint density at radius 1 is 1.35 bits per heavy atom. The monoisotopic (exact) mass is 280 g/mol. The molecule has 0 spiro atoms. The van der Waals surface area contributed by atoms with Crippen LogP contribution < -0.4 is 10.6 Å². The summed E-state index contributed by atoms with van der Waals surface area (Å²) in [6.07, 6.45) is 2.08. The molecule has 2 N–H and O–H groups in total. The third-order valence-electron chi connectivity index (χ3n) is 3.05. The molecule has 0 aromatic carbocycles. The first-order valence-corrected chi connectivity index (χ1v) is 7.35. The van der Waals surface area contributed by atoms with E-state index in [0.29, 0.717) is 25.1 Å². The van der Waals surface area contributed by atoms with Gasteiger partial charge in [0.15, 0.2) is 5.82 Å². The van der Waals surface area contributed by atoms with Gasteiger partial charge in [-0.1, -0.05) is 6.92 Å². The highest BCUT2D eigenvalue weighted by Gasteiger charge is 2.16. The van der Waals surface area contributed by atoms with E-state index in [2.05, 4.69) is 27.5 Å². The standard InChI is InChI=1S/C14H24N4O2/c1-3-6-15-12-8-13(16-11-5-7-20-9-11)18-14(17-12)10-19-4-2/h8,11H,3-7,9-10H2,1-2H3,(H2,15,16,17,18). The molecule has 1 atom stereocenters. The van der Waals surface area contributed by atoms with E-state index in [0.717, 1.165) is 44.2 Å². The van der Waals surface area contributed by atoms with Gasteiger partial charge in [0, 0.05) is 25.8 Å². The first-order chi connectivity index (χ1) is 9.81. The first kappa shape index (κ1) is 15.0. The van der Waals surface area contributed by atoms with Crippen LogP contribution in [-0.4, -0.2) is 42.4 Å². The van der Waals surface area contributed by atoms with Gasteiger partial charge >= 0.3 is 0 Å². The van der Waals surface area contributed by atoms with E-state index in [-0.39, 0.29) is 0 Å². The smallest absolute Gasteiger partial charge is 0.158 e. The quantitative estimate of drug-likeness (QED) is 0.759. The van der Waals surface area contributed by atoms with Gasteiger partial charge < -0.3 is 20.1 Å². The highest BCUT2D eigenvalue weighted by molar-refractivity contribution is 5.48. The lowest BCUT2D eigenvalue weighted by Crippen LogP contribution is -2.20. The van der Waals surface area contributed by atoms with Crippen LogP contribution in [0.4, 0.5) is 11.6 Å². The number of aromatic nitrogens is 2. The Morgan fingerprint density at radius 2 is 2.20 bits per heavy atom. The molecule has 2 heterocycles. The van der Waals surface area contributed by atoms with Crippen molar-refractivity contribution in [2.75, 3.05) is 37.0 Å². The summed E-state index contributed by atoms with van der Waals surface area (Å²) in [6.45, 7) is 7.65. The third-order valence-corrected chi connectivity index (χ3v) is 3.05. The van der Waals surface area contributed by atoms with Crippen molar-refractivity contribution in [1.29, 1.82) is 0 Å². The van der Waals surface area contributed by atoms with Crippen molar-refractivity contribution < 1.29 is 9.47 Å². The van der Waals surface area contributed by atoms with Gasteiger partial charge in [-0.2, -0.15) is 0 Å². The van der Waals surface area contributed by atoms with Gasteiger partial charge in [-0.3, -0.25) is 0 Å². The molecule has 0 bridgehead atoms. The minimum absolute atomic E-state index is 0.337. The van der Waals surface area contributed by atoms with Crippen LogP contribution in [0, 0.1) is 0 Å². The van der Waals surface area contributed by atoms with E-state index in [4.69, 9.17) is 9.47 Å². The van der Waals surface area contributed by atoms with Crippen LogP contribution in [0.3, 0.4) is 0 Å². The summed E-state index contributed by atoms with van der Waals surface area (Å²) >= 11 is 0.